The van der Waals surface area contributed by atoms with E-state index >= 15 is 0 Å². The SMILES string of the molecule is O=S(=O)(Nc1cccc([C@@H](O)CCCCOc2ccc3c(C(F)(F)F)[nH]nc3c2)c1)c1ccccc1. The van der Waals surface area contributed by atoms with Gasteiger partial charge in [-0.1, -0.05) is 30.3 Å². The summed E-state index contributed by atoms with van der Waals surface area (Å²) in [6.07, 6.45) is -3.67. The third kappa shape index (κ3) is 6.16. The Morgan fingerprint density at radius 2 is 1.78 bits per heavy atom. The number of halogens is 3. The smallest absolute Gasteiger partial charge is 0.433 e. The highest BCUT2D eigenvalue weighted by atomic mass is 32.2. The lowest BCUT2D eigenvalue weighted by Crippen LogP contribution is -2.13. The van der Waals surface area contributed by atoms with E-state index in [1.165, 1.54) is 30.3 Å². The first-order valence-corrected chi connectivity index (χ1v) is 12.7. The van der Waals surface area contributed by atoms with Crippen LogP contribution < -0.4 is 9.46 Å². The maximum absolute atomic E-state index is 12.9. The van der Waals surface area contributed by atoms with Crippen LogP contribution in [0.15, 0.2) is 77.7 Å². The van der Waals surface area contributed by atoms with Gasteiger partial charge in [-0.2, -0.15) is 18.3 Å². The molecule has 1 atom stereocenters. The molecule has 7 nitrogen and oxygen atoms in total. The first kappa shape index (κ1) is 25.5. The van der Waals surface area contributed by atoms with Crippen LogP contribution >= 0.6 is 0 Å². The molecule has 0 bridgehead atoms. The number of nitrogens with zero attached hydrogens (tertiary/aromatic N) is 1. The predicted octanol–water partition coefficient (Wildman–Crippen LogP) is 5.67. The summed E-state index contributed by atoms with van der Waals surface area (Å²) in [5.74, 6) is 0.404. The third-order valence-electron chi connectivity index (χ3n) is 5.53. The average Bonchev–Trinajstić information content (AvgIpc) is 3.28. The Labute approximate surface area is 206 Å². The Hall–Kier alpha value is -3.57. The van der Waals surface area contributed by atoms with Crippen LogP contribution in [0.2, 0.25) is 0 Å². The number of ether oxygens (including phenoxy) is 1. The average molecular weight is 520 g/mol. The number of hydrogen-bond donors (Lipinski definition) is 3. The van der Waals surface area contributed by atoms with Crippen molar-refractivity contribution in [2.45, 2.75) is 36.4 Å². The third-order valence-corrected chi connectivity index (χ3v) is 6.93. The summed E-state index contributed by atoms with van der Waals surface area (Å²) in [6, 6.07) is 18.8. The largest absolute Gasteiger partial charge is 0.494 e. The summed E-state index contributed by atoms with van der Waals surface area (Å²) in [5.41, 5.74) is 0.197. The zero-order valence-corrected chi connectivity index (χ0v) is 19.8. The first-order chi connectivity index (χ1) is 17.1. The minimum atomic E-state index is -4.51. The number of aliphatic hydroxyl groups is 1. The topological polar surface area (TPSA) is 104 Å². The second-order valence-electron chi connectivity index (χ2n) is 8.18. The number of anilines is 1. The molecule has 36 heavy (non-hydrogen) atoms. The summed E-state index contributed by atoms with van der Waals surface area (Å²) in [7, 11) is -3.74. The molecule has 0 aliphatic rings. The molecule has 0 fully saturated rings. The van der Waals surface area contributed by atoms with Crippen LogP contribution in [0, 0.1) is 0 Å². The van der Waals surface area contributed by atoms with Crippen LogP contribution in [0.25, 0.3) is 10.9 Å². The Balaban J connectivity index is 1.27. The van der Waals surface area contributed by atoms with Crippen molar-refractivity contribution in [3.63, 3.8) is 0 Å². The van der Waals surface area contributed by atoms with Crippen LogP contribution in [-0.4, -0.2) is 30.3 Å². The molecule has 190 valence electrons. The molecule has 0 spiro atoms. The van der Waals surface area contributed by atoms with Crippen LogP contribution in [0.1, 0.15) is 36.6 Å². The number of rotatable bonds is 10. The molecule has 3 N–H and O–H groups in total. The highest BCUT2D eigenvalue weighted by Gasteiger charge is 2.35. The standard InChI is InChI=1S/C25H24F3N3O4S/c26-25(27,28)24-21-13-12-19(16-22(21)29-30-24)35-14-5-4-11-23(32)17-7-6-8-18(15-17)31-36(33,34)20-9-2-1-3-10-20/h1-3,6-10,12-13,15-16,23,31-32H,4-5,11,14H2,(H,29,30)/t23-/m0/s1. The van der Waals surface area contributed by atoms with Gasteiger partial charge in [-0.05, 0) is 61.2 Å². The number of aromatic nitrogens is 2. The van der Waals surface area contributed by atoms with Gasteiger partial charge < -0.3 is 9.84 Å². The van der Waals surface area contributed by atoms with E-state index < -0.39 is 28.0 Å². The Kier molecular flexibility index (Phi) is 7.51. The Bertz CT molecular complexity index is 1420. The number of benzene rings is 3. The molecule has 4 rings (SSSR count). The number of H-pyrrole nitrogens is 1. The van der Waals surface area contributed by atoms with Crippen molar-refractivity contribution in [2.75, 3.05) is 11.3 Å². The van der Waals surface area contributed by atoms with Crippen molar-refractivity contribution < 1.29 is 31.4 Å². The van der Waals surface area contributed by atoms with Gasteiger partial charge >= 0.3 is 6.18 Å². The number of aromatic amines is 1. The van der Waals surface area contributed by atoms with Gasteiger partial charge in [0.25, 0.3) is 10.0 Å². The van der Waals surface area contributed by atoms with E-state index in [2.05, 4.69) is 9.82 Å². The van der Waals surface area contributed by atoms with Crippen molar-refractivity contribution in [3.8, 4) is 5.75 Å². The zero-order valence-electron chi connectivity index (χ0n) is 19.0. The van der Waals surface area contributed by atoms with Gasteiger partial charge in [0, 0.05) is 17.1 Å². The van der Waals surface area contributed by atoms with E-state index in [1.807, 2.05) is 5.10 Å². The summed E-state index contributed by atoms with van der Waals surface area (Å²) in [4.78, 5) is 0.142. The molecule has 0 saturated heterocycles. The van der Waals surface area contributed by atoms with Crippen LogP contribution in [0.5, 0.6) is 5.75 Å². The van der Waals surface area contributed by atoms with E-state index in [1.54, 1.807) is 42.5 Å². The minimum absolute atomic E-state index is 0.0220. The Morgan fingerprint density at radius 3 is 2.53 bits per heavy atom. The number of fused-ring (bicyclic) bond motifs is 1. The summed E-state index contributed by atoms with van der Waals surface area (Å²) in [5, 5.41) is 16.2. The van der Waals surface area contributed by atoms with E-state index in [-0.39, 0.29) is 15.8 Å². The number of sulfonamides is 1. The normalized spacial score (nSPS) is 13.0. The van der Waals surface area contributed by atoms with Gasteiger partial charge in [0.2, 0.25) is 0 Å². The monoisotopic (exact) mass is 519 g/mol. The second-order valence-corrected chi connectivity index (χ2v) is 9.86. The van der Waals surface area contributed by atoms with Gasteiger partial charge in [0.05, 0.1) is 23.1 Å². The number of aliphatic hydroxyl groups excluding tert-OH is 1. The van der Waals surface area contributed by atoms with Crippen molar-refractivity contribution in [2.24, 2.45) is 0 Å². The number of hydrogen-bond acceptors (Lipinski definition) is 5. The summed E-state index contributed by atoms with van der Waals surface area (Å²) >= 11 is 0. The molecule has 1 aromatic heterocycles. The van der Waals surface area contributed by atoms with Crippen molar-refractivity contribution in [1.29, 1.82) is 0 Å². The molecule has 0 radical (unpaired) electrons. The lowest BCUT2D eigenvalue weighted by molar-refractivity contribution is -0.139. The van der Waals surface area contributed by atoms with Crippen molar-refractivity contribution >= 4 is 26.6 Å². The van der Waals surface area contributed by atoms with Gasteiger partial charge in [-0.15, -0.1) is 0 Å². The number of unbranched alkanes of at least 4 members (excludes halogenated alkanes) is 1. The Morgan fingerprint density at radius 1 is 1.00 bits per heavy atom. The van der Waals surface area contributed by atoms with E-state index in [9.17, 15) is 26.7 Å². The fourth-order valence-corrected chi connectivity index (χ4v) is 4.79. The maximum atomic E-state index is 12.9. The lowest BCUT2D eigenvalue weighted by Gasteiger charge is -2.14. The minimum Gasteiger partial charge on any atom is -0.494 e. The molecule has 0 unspecified atom stereocenters. The molecule has 0 aliphatic heterocycles. The second kappa shape index (κ2) is 10.6. The van der Waals surface area contributed by atoms with E-state index in [0.29, 0.717) is 42.9 Å². The quantitative estimate of drug-likeness (QED) is 0.234. The number of alkyl halides is 3. The van der Waals surface area contributed by atoms with Crippen molar-refractivity contribution in [3.05, 3.63) is 84.1 Å². The van der Waals surface area contributed by atoms with Gasteiger partial charge in [-0.3, -0.25) is 9.82 Å². The van der Waals surface area contributed by atoms with Crippen LogP contribution in [0.3, 0.4) is 0 Å². The predicted molar refractivity (Wildman–Crippen MR) is 129 cm³/mol. The van der Waals surface area contributed by atoms with E-state index in [4.69, 9.17) is 4.74 Å². The first-order valence-electron chi connectivity index (χ1n) is 11.2. The highest BCUT2D eigenvalue weighted by Crippen LogP contribution is 2.34. The molecule has 4 aromatic rings. The molecule has 0 saturated carbocycles. The van der Waals surface area contributed by atoms with Gasteiger partial charge in [0.15, 0.2) is 0 Å². The van der Waals surface area contributed by atoms with Crippen molar-refractivity contribution in [1.82, 2.24) is 10.2 Å². The van der Waals surface area contributed by atoms with Crippen LogP contribution in [0.4, 0.5) is 18.9 Å². The molecule has 0 aliphatic carbocycles. The van der Waals surface area contributed by atoms with E-state index in [0.717, 1.165) is 0 Å². The molecular weight excluding hydrogens is 495 g/mol. The summed E-state index contributed by atoms with van der Waals surface area (Å²) in [6.45, 7) is 0.311. The zero-order chi connectivity index (χ0) is 25.8. The fraction of sp³-hybridized carbons (Fsp3) is 0.240. The molecule has 0 amide bonds. The molecule has 11 heteroatoms. The number of nitrogens with one attached hydrogen (secondary N) is 2. The lowest BCUT2D eigenvalue weighted by atomic mass is 10.0. The van der Waals surface area contributed by atoms with Gasteiger partial charge in [-0.25, -0.2) is 8.42 Å². The molecule has 1 heterocycles. The molecular formula is C25H24F3N3O4S. The highest BCUT2D eigenvalue weighted by molar-refractivity contribution is 7.92. The summed E-state index contributed by atoms with van der Waals surface area (Å²) < 4.78 is 72.0. The fourth-order valence-electron chi connectivity index (χ4n) is 3.72. The van der Waals surface area contributed by atoms with Crippen LogP contribution in [-0.2, 0) is 16.2 Å². The van der Waals surface area contributed by atoms with Gasteiger partial charge in [0.1, 0.15) is 11.4 Å². The maximum Gasteiger partial charge on any atom is 0.433 e. The molecule has 3 aromatic carbocycles.